The molecule has 0 aliphatic carbocycles. The third kappa shape index (κ3) is 5.68. The van der Waals surface area contributed by atoms with Crippen molar-refractivity contribution in [2.24, 2.45) is 0 Å². The molecule has 162 valence electrons. The molecular weight excluding hydrogens is 473 g/mol. The minimum atomic E-state index is -3.73. The lowest BCUT2D eigenvalue weighted by Gasteiger charge is -2.15. The summed E-state index contributed by atoms with van der Waals surface area (Å²) < 4.78 is 28.4. The van der Waals surface area contributed by atoms with Gasteiger partial charge in [0, 0.05) is 5.69 Å². The number of rotatable bonds is 5. The molecule has 3 aromatic carbocycles. The average Bonchev–Trinajstić information content (AvgIpc) is 2.69. The van der Waals surface area contributed by atoms with E-state index in [1.165, 1.54) is 12.1 Å². The molecule has 9 heteroatoms. The molecule has 0 saturated carbocycles. The monoisotopic (exact) mass is 493 g/mol. The van der Waals surface area contributed by atoms with Crippen molar-refractivity contribution in [1.82, 2.24) is 0 Å². The van der Waals surface area contributed by atoms with Crippen molar-refractivity contribution in [2.75, 3.05) is 15.4 Å². The molecule has 3 N–H and O–H groups in total. The quantitative estimate of drug-likeness (QED) is 0.352. The van der Waals surface area contributed by atoms with Crippen LogP contribution in [0, 0.1) is 20.8 Å². The molecule has 0 unspecified atom stereocenters. The second kappa shape index (κ2) is 9.44. The predicted molar refractivity (Wildman–Crippen MR) is 134 cm³/mol. The van der Waals surface area contributed by atoms with Crippen LogP contribution < -0.4 is 15.4 Å². The molecule has 0 aliphatic heterocycles. The molecule has 0 aromatic heterocycles. The number of benzene rings is 3. The summed E-state index contributed by atoms with van der Waals surface area (Å²) in [5.41, 5.74) is 4.61. The smallest absolute Gasteiger partial charge is 0.261 e. The van der Waals surface area contributed by atoms with Crippen molar-refractivity contribution < 1.29 is 8.42 Å². The summed E-state index contributed by atoms with van der Waals surface area (Å²) >= 11 is 17.5. The van der Waals surface area contributed by atoms with Gasteiger partial charge in [-0.3, -0.25) is 4.72 Å². The first-order valence-corrected chi connectivity index (χ1v) is 11.9. The van der Waals surface area contributed by atoms with Gasteiger partial charge in [-0.15, -0.1) is 0 Å². The molecule has 0 atom stereocenters. The number of halogens is 2. The van der Waals surface area contributed by atoms with Gasteiger partial charge in [-0.1, -0.05) is 47.0 Å². The molecule has 0 fully saturated rings. The number of aryl methyl sites for hydroxylation is 3. The SMILES string of the molecule is Cc1cc(C)c(NS(=O)(=O)c2ccc(NC(=S)Nc3cccc(Cl)c3Cl)cc2)c(C)c1. The van der Waals surface area contributed by atoms with Crippen molar-refractivity contribution >= 4 is 67.6 Å². The zero-order valence-corrected chi connectivity index (χ0v) is 20.2. The highest BCUT2D eigenvalue weighted by Gasteiger charge is 2.17. The molecular formula is C22H21Cl2N3O2S2. The van der Waals surface area contributed by atoms with E-state index in [0.717, 1.165) is 16.7 Å². The van der Waals surface area contributed by atoms with Gasteiger partial charge in [0.1, 0.15) is 0 Å². The number of hydrogen-bond acceptors (Lipinski definition) is 3. The molecule has 3 aromatic rings. The van der Waals surface area contributed by atoms with Crippen LogP contribution in [0.2, 0.25) is 10.0 Å². The van der Waals surface area contributed by atoms with Crippen LogP contribution in [0.25, 0.3) is 0 Å². The van der Waals surface area contributed by atoms with Gasteiger partial charge >= 0.3 is 0 Å². The number of sulfonamides is 1. The summed E-state index contributed by atoms with van der Waals surface area (Å²) in [4.78, 5) is 0.147. The Balaban J connectivity index is 1.72. The molecule has 0 bridgehead atoms. The molecule has 0 saturated heterocycles. The Bertz CT molecular complexity index is 1220. The Morgan fingerprint density at radius 2 is 1.52 bits per heavy atom. The van der Waals surface area contributed by atoms with Crippen LogP contribution in [0.5, 0.6) is 0 Å². The molecule has 0 aliphatic rings. The Morgan fingerprint density at radius 1 is 0.903 bits per heavy atom. The van der Waals surface area contributed by atoms with E-state index in [2.05, 4.69) is 15.4 Å². The normalized spacial score (nSPS) is 11.1. The van der Waals surface area contributed by atoms with E-state index in [9.17, 15) is 8.42 Å². The summed E-state index contributed by atoms with van der Waals surface area (Å²) in [6.07, 6.45) is 0. The average molecular weight is 494 g/mol. The first kappa shape index (κ1) is 23.3. The summed E-state index contributed by atoms with van der Waals surface area (Å²) in [5.74, 6) is 0. The second-order valence-electron chi connectivity index (χ2n) is 7.08. The van der Waals surface area contributed by atoms with Crippen LogP contribution >= 0.6 is 35.4 Å². The number of anilines is 3. The van der Waals surface area contributed by atoms with E-state index in [-0.39, 0.29) is 4.90 Å². The van der Waals surface area contributed by atoms with Gasteiger partial charge in [0.2, 0.25) is 0 Å². The fourth-order valence-corrected chi connectivity index (χ4v) is 4.92. The van der Waals surface area contributed by atoms with Gasteiger partial charge in [-0.25, -0.2) is 8.42 Å². The number of nitrogens with one attached hydrogen (secondary N) is 3. The molecule has 0 spiro atoms. The van der Waals surface area contributed by atoms with Crippen molar-refractivity contribution in [1.29, 1.82) is 0 Å². The van der Waals surface area contributed by atoms with E-state index in [4.69, 9.17) is 35.4 Å². The molecule has 3 rings (SSSR count). The van der Waals surface area contributed by atoms with Crippen molar-refractivity contribution in [3.8, 4) is 0 Å². The summed E-state index contributed by atoms with van der Waals surface area (Å²) in [7, 11) is -3.73. The van der Waals surface area contributed by atoms with Crippen LogP contribution in [0.3, 0.4) is 0 Å². The van der Waals surface area contributed by atoms with E-state index in [1.807, 2.05) is 32.9 Å². The molecule has 5 nitrogen and oxygen atoms in total. The second-order valence-corrected chi connectivity index (χ2v) is 9.96. The maximum Gasteiger partial charge on any atom is 0.261 e. The summed E-state index contributed by atoms with van der Waals surface area (Å²) in [6, 6.07) is 15.4. The maximum absolute atomic E-state index is 12.8. The Hall–Kier alpha value is -2.32. The van der Waals surface area contributed by atoms with Crippen LogP contribution in [0.1, 0.15) is 16.7 Å². The molecule has 0 heterocycles. The van der Waals surface area contributed by atoms with Gasteiger partial charge in [0.05, 0.1) is 26.3 Å². The Morgan fingerprint density at radius 3 is 2.13 bits per heavy atom. The topological polar surface area (TPSA) is 70.2 Å². The highest BCUT2D eigenvalue weighted by atomic mass is 35.5. The minimum absolute atomic E-state index is 0.147. The van der Waals surface area contributed by atoms with Gasteiger partial charge < -0.3 is 10.6 Å². The third-order valence-electron chi connectivity index (χ3n) is 4.54. The standard InChI is InChI=1S/C22H21Cl2N3O2S2/c1-13-11-14(2)21(15(3)12-13)27-31(28,29)17-9-7-16(8-10-17)25-22(30)26-19-6-4-5-18(23)20(19)24/h4-12,27H,1-3H3,(H2,25,26,30). The highest BCUT2D eigenvalue weighted by Crippen LogP contribution is 2.30. The van der Waals surface area contributed by atoms with Gasteiger partial charge in [0.25, 0.3) is 10.0 Å². The van der Waals surface area contributed by atoms with Gasteiger partial charge in [0.15, 0.2) is 5.11 Å². The minimum Gasteiger partial charge on any atom is -0.332 e. The number of hydrogen-bond donors (Lipinski definition) is 3. The van der Waals surface area contributed by atoms with Crippen LogP contribution in [-0.2, 0) is 10.0 Å². The summed E-state index contributed by atoms with van der Waals surface area (Å²) in [6.45, 7) is 5.74. The van der Waals surface area contributed by atoms with Crippen molar-refractivity contribution in [3.63, 3.8) is 0 Å². The number of thiocarbonyl (C=S) groups is 1. The van der Waals surface area contributed by atoms with E-state index in [1.54, 1.807) is 30.3 Å². The van der Waals surface area contributed by atoms with Crippen LogP contribution in [-0.4, -0.2) is 13.5 Å². The molecule has 0 radical (unpaired) electrons. The fourth-order valence-electron chi connectivity index (χ4n) is 3.14. The Labute approximate surface area is 197 Å². The zero-order valence-electron chi connectivity index (χ0n) is 17.1. The lowest BCUT2D eigenvalue weighted by Crippen LogP contribution is -2.19. The Kier molecular flexibility index (Phi) is 7.11. The van der Waals surface area contributed by atoms with Gasteiger partial charge in [-0.2, -0.15) is 0 Å². The first-order valence-electron chi connectivity index (χ1n) is 9.29. The molecule has 0 amide bonds. The fraction of sp³-hybridized carbons (Fsp3) is 0.136. The van der Waals surface area contributed by atoms with Crippen LogP contribution in [0.15, 0.2) is 59.5 Å². The first-order chi connectivity index (χ1) is 14.6. The maximum atomic E-state index is 12.8. The molecule has 31 heavy (non-hydrogen) atoms. The van der Waals surface area contributed by atoms with E-state index < -0.39 is 10.0 Å². The lowest BCUT2D eigenvalue weighted by molar-refractivity contribution is 0.601. The van der Waals surface area contributed by atoms with E-state index in [0.29, 0.717) is 32.2 Å². The summed E-state index contributed by atoms with van der Waals surface area (Å²) in [5, 5.41) is 7.03. The zero-order chi connectivity index (χ0) is 22.8. The van der Waals surface area contributed by atoms with Gasteiger partial charge in [-0.05, 0) is 80.5 Å². The highest BCUT2D eigenvalue weighted by molar-refractivity contribution is 7.92. The van der Waals surface area contributed by atoms with E-state index >= 15 is 0 Å². The predicted octanol–water partition coefficient (Wildman–Crippen LogP) is 6.53. The van der Waals surface area contributed by atoms with Crippen molar-refractivity contribution in [2.45, 2.75) is 25.7 Å². The largest absolute Gasteiger partial charge is 0.332 e. The van der Waals surface area contributed by atoms with Crippen LogP contribution in [0.4, 0.5) is 17.1 Å². The van der Waals surface area contributed by atoms with Crippen molar-refractivity contribution in [3.05, 3.63) is 81.3 Å². The lowest BCUT2D eigenvalue weighted by atomic mass is 10.1. The third-order valence-corrected chi connectivity index (χ3v) is 6.92.